The van der Waals surface area contributed by atoms with Gasteiger partial charge in [-0.1, -0.05) is 19.1 Å². The number of carbonyl (C=O) groups excluding carboxylic acids is 1. The van der Waals surface area contributed by atoms with Crippen LogP contribution in [0.25, 0.3) is 0 Å². The molecule has 1 aromatic rings. The standard InChI is InChI=1S/C14H18ClNO/c1-11-4-3-7-16(10-11)14(17)13-6-2-5-12(8-13)9-15/h2,5-6,8,11H,3-4,7,9-10H2,1H3. The van der Waals surface area contributed by atoms with Crippen molar-refractivity contribution in [3.8, 4) is 0 Å². The smallest absolute Gasteiger partial charge is 0.253 e. The van der Waals surface area contributed by atoms with Crippen LogP contribution in [-0.4, -0.2) is 23.9 Å². The first-order valence-electron chi connectivity index (χ1n) is 6.15. The van der Waals surface area contributed by atoms with Crippen LogP contribution in [0.2, 0.25) is 0 Å². The highest BCUT2D eigenvalue weighted by Gasteiger charge is 2.21. The second-order valence-corrected chi connectivity index (χ2v) is 5.10. The molecule has 2 nitrogen and oxygen atoms in total. The van der Waals surface area contributed by atoms with Crippen LogP contribution in [0.15, 0.2) is 24.3 Å². The predicted molar refractivity (Wildman–Crippen MR) is 70.3 cm³/mol. The van der Waals surface area contributed by atoms with Gasteiger partial charge in [-0.3, -0.25) is 4.79 Å². The molecule has 0 spiro atoms. The van der Waals surface area contributed by atoms with Crippen molar-refractivity contribution in [2.45, 2.75) is 25.6 Å². The lowest BCUT2D eigenvalue weighted by Gasteiger charge is -2.31. The molecule has 1 aliphatic rings. The molecule has 0 aliphatic carbocycles. The number of hydrogen-bond donors (Lipinski definition) is 0. The highest BCUT2D eigenvalue weighted by molar-refractivity contribution is 6.17. The van der Waals surface area contributed by atoms with Gasteiger partial charge in [0.2, 0.25) is 0 Å². The van der Waals surface area contributed by atoms with E-state index in [1.54, 1.807) is 0 Å². The molecule has 0 saturated carbocycles. The van der Waals surface area contributed by atoms with Crippen molar-refractivity contribution in [1.29, 1.82) is 0 Å². The minimum atomic E-state index is 0.142. The minimum Gasteiger partial charge on any atom is -0.338 e. The predicted octanol–water partition coefficient (Wildman–Crippen LogP) is 3.30. The van der Waals surface area contributed by atoms with Crippen molar-refractivity contribution in [3.63, 3.8) is 0 Å². The van der Waals surface area contributed by atoms with E-state index in [0.29, 0.717) is 11.8 Å². The molecule has 0 radical (unpaired) electrons. The zero-order chi connectivity index (χ0) is 12.3. The number of nitrogens with zero attached hydrogens (tertiary/aromatic N) is 1. The minimum absolute atomic E-state index is 0.142. The van der Waals surface area contributed by atoms with Crippen LogP contribution in [0.1, 0.15) is 35.7 Å². The number of amides is 1. The Labute approximate surface area is 108 Å². The molecule has 1 aliphatic heterocycles. The summed E-state index contributed by atoms with van der Waals surface area (Å²) >= 11 is 5.79. The summed E-state index contributed by atoms with van der Waals surface area (Å²) in [4.78, 5) is 14.3. The zero-order valence-electron chi connectivity index (χ0n) is 10.2. The number of alkyl halides is 1. The summed E-state index contributed by atoms with van der Waals surface area (Å²) in [7, 11) is 0. The Morgan fingerprint density at radius 2 is 2.35 bits per heavy atom. The van der Waals surface area contributed by atoms with E-state index in [9.17, 15) is 4.79 Å². The lowest BCUT2D eigenvalue weighted by molar-refractivity contribution is 0.0683. The van der Waals surface area contributed by atoms with E-state index < -0.39 is 0 Å². The summed E-state index contributed by atoms with van der Waals surface area (Å²) in [6, 6.07) is 7.62. The highest BCUT2D eigenvalue weighted by Crippen LogP contribution is 2.18. The van der Waals surface area contributed by atoms with Crippen LogP contribution in [0.4, 0.5) is 0 Å². The van der Waals surface area contributed by atoms with E-state index >= 15 is 0 Å². The fourth-order valence-corrected chi connectivity index (χ4v) is 2.51. The summed E-state index contributed by atoms with van der Waals surface area (Å²) in [5.41, 5.74) is 1.76. The third-order valence-electron chi connectivity index (χ3n) is 3.27. The van der Waals surface area contributed by atoms with Crippen LogP contribution in [0.5, 0.6) is 0 Å². The normalized spacial score (nSPS) is 20.4. The van der Waals surface area contributed by atoms with Gasteiger partial charge < -0.3 is 4.90 Å². The zero-order valence-corrected chi connectivity index (χ0v) is 10.9. The Kier molecular flexibility index (Phi) is 4.06. The maximum Gasteiger partial charge on any atom is 0.253 e. The number of rotatable bonds is 2. The van der Waals surface area contributed by atoms with Gasteiger partial charge in [0.05, 0.1) is 0 Å². The molecule has 1 amide bonds. The van der Waals surface area contributed by atoms with Crippen molar-refractivity contribution in [3.05, 3.63) is 35.4 Å². The van der Waals surface area contributed by atoms with Crippen LogP contribution in [0, 0.1) is 5.92 Å². The molecule has 1 atom stereocenters. The Bertz CT molecular complexity index is 405. The molecule has 1 fully saturated rings. The maximum absolute atomic E-state index is 12.3. The van der Waals surface area contributed by atoms with E-state index in [1.807, 2.05) is 29.2 Å². The number of halogens is 1. The van der Waals surface area contributed by atoms with Crippen molar-refractivity contribution < 1.29 is 4.79 Å². The Morgan fingerprint density at radius 1 is 1.53 bits per heavy atom. The number of likely N-dealkylation sites (tertiary alicyclic amines) is 1. The summed E-state index contributed by atoms with van der Waals surface area (Å²) in [5, 5.41) is 0. The van der Waals surface area contributed by atoms with Gasteiger partial charge in [0.25, 0.3) is 5.91 Å². The molecule has 17 heavy (non-hydrogen) atoms. The third-order valence-corrected chi connectivity index (χ3v) is 3.58. The first kappa shape index (κ1) is 12.4. The molecular formula is C14H18ClNO. The summed E-state index contributed by atoms with van der Waals surface area (Å²) in [5.74, 6) is 1.21. The quantitative estimate of drug-likeness (QED) is 0.739. The first-order valence-corrected chi connectivity index (χ1v) is 6.68. The van der Waals surface area contributed by atoms with Crippen LogP contribution in [0.3, 0.4) is 0 Å². The largest absolute Gasteiger partial charge is 0.338 e. The molecule has 1 aromatic carbocycles. The molecule has 0 aromatic heterocycles. The average Bonchev–Trinajstić information content (AvgIpc) is 2.38. The summed E-state index contributed by atoms with van der Waals surface area (Å²) in [6.07, 6.45) is 2.34. The average molecular weight is 252 g/mol. The van der Waals surface area contributed by atoms with Gasteiger partial charge in [0.15, 0.2) is 0 Å². The van der Waals surface area contributed by atoms with Gasteiger partial charge in [0.1, 0.15) is 0 Å². The van der Waals surface area contributed by atoms with E-state index in [0.717, 1.165) is 30.6 Å². The fourth-order valence-electron chi connectivity index (χ4n) is 2.34. The van der Waals surface area contributed by atoms with Crippen molar-refractivity contribution in [2.24, 2.45) is 5.92 Å². The summed E-state index contributed by atoms with van der Waals surface area (Å²) in [6.45, 7) is 3.97. The van der Waals surface area contributed by atoms with Gasteiger partial charge in [-0.05, 0) is 36.5 Å². The first-order chi connectivity index (χ1) is 8.20. The topological polar surface area (TPSA) is 20.3 Å². The monoisotopic (exact) mass is 251 g/mol. The van der Waals surface area contributed by atoms with E-state index in [1.165, 1.54) is 6.42 Å². The second kappa shape index (κ2) is 5.54. The van der Waals surface area contributed by atoms with Crippen LogP contribution >= 0.6 is 11.6 Å². The molecule has 2 rings (SSSR count). The second-order valence-electron chi connectivity index (χ2n) is 4.83. The molecule has 1 saturated heterocycles. The molecule has 1 unspecified atom stereocenters. The Hall–Kier alpha value is -1.02. The van der Waals surface area contributed by atoms with Crippen molar-refractivity contribution >= 4 is 17.5 Å². The van der Waals surface area contributed by atoms with Crippen LogP contribution < -0.4 is 0 Å². The van der Waals surface area contributed by atoms with Gasteiger partial charge in [-0.2, -0.15) is 0 Å². The molecule has 0 bridgehead atoms. The fraction of sp³-hybridized carbons (Fsp3) is 0.500. The van der Waals surface area contributed by atoms with Gasteiger partial charge in [-0.15, -0.1) is 11.6 Å². The SMILES string of the molecule is CC1CCCN(C(=O)c2cccc(CCl)c2)C1. The van der Waals surface area contributed by atoms with E-state index in [-0.39, 0.29) is 5.91 Å². The van der Waals surface area contributed by atoms with Crippen LogP contribution in [-0.2, 0) is 5.88 Å². The highest BCUT2D eigenvalue weighted by atomic mass is 35.5. The molecule has 92 valence electrons. The lowest BCUT2D eigenvalue weighted by atomic mass is 9.99. The van der Waals surface area contributed by atoms with Crippen molar-refractivity contribution in [2.75, 3.05) is 13.1 Å². The lowest BCUT2D eigenvalue weighted by Crippen LogP contribution is -2.39. The van der Waals surface area contributed by atoms with Gasteiger partial charge in [0, 0.05) is 24.5 Å². The number of hydrogen-bond acceptors (Lipinski definition) is 1. The molecule has 0 N–H and O–H groups in total. The number of carbonyl (C=O) groups is 1. The number of benzene rings is 1. The Balaban J connectivity index is 2.12. The molecular weight excluding hydrogens is 234 g/mol. The van der Waals surface area contributed by atoms with Gasteiger partial charge >= 0.3 is 0 Å². The molecule has 1 heterocycles. The molecule has 3 heteroatoms. The Morgan fingerprint density at radius 3 is 3.06 bits per heavy atom. The number of piperidine rings is 1. The third kappa shape index (κ3) is 3.01. The van der Waals surface area contributed by atoms with Crippen molar-refractivity contribution in [1.82, 2.24) is 4.90 Å². The van der Waals surface area contributed by atoms with E-state index in [4.69, 9.17) is 11.6 Å². The summed E-state index contributed by atoms with van der Waals surface area (Å²) < 4.78 is 0. The van der Waals surface area contributed by atoms with E-state index in [2.05, 4.69) is 6.92 Å². The van der Waals surface area contributed by atoms with Gasteiger partial charge in [-0.25, -0.2) is 0 Å². The maximum atomic E-state index is 12.3.